The monoisotopic (exact) mass is 220 g/mol. The summed E-state index contributed by atoms with van der Waals surface area (Å²) in [6, 6.07) is 0. The molecule has 0 aromatic heterocycles. The van der Waals surface area contributed by atoms with Gasteiger partial charge in [-0.15, -0.1) is 0 Å². The summed E-state index contributed by atoms with van der Waals surface area (Å²) in [7, 11) is 0. The molecule has 0 saturated carbocycles. The van der Waals surface area contributed by atoms with Crippen LogP contribution in [0.25, 0.3) is 0 Å². The molecule has 1 aromatic carbocycles. The van der Waals surface area contributed by atoms with Gasteiger partial charge in [0.15, 0.2) is 0 Å². The van der Waals surface area contributed by atoms with Gasteiger partial charge in [0.25, 0.3) is 0 Å². The van der Waals surface area contributed by atoms with Gasteiger partial charge in [-0.05, 0) is 0 Å². The Morgan fingerprint density at radius 3 is 1.23 bits per heavy atom. The molecule has 1 nitrogen and oxygen atoms in total. The molecule has 1 rings (SSSR count). The minimum atomic E-state index is 0. The average molecular weight is 220 g/mol. The van der Waals surface area contributed by atoms with Gasteiger partial charge < -0.3 is 4.79 Å². The summed E-state index contributed by atoms with van der Waals surface area (Å²) in [4.78, 5) is 7.75. The number of rotatable bonds is 0. The molecule has 0 radical (unpaired) electrons. The topological polar surface area (TPSA) is 17.1 Å². The summed E-state index contributed by atoms with van der Waals surface area (Å²) >= 11 is 0. The van der Waals surface area contributed by atoms with Crippen molar-refractivity contribution in [2.75, 3.05) is 0 Å². The molecule has 1 aromatic rings. The van der Waals surface area contributed by atoms with Crippen LogP contribution in [0.5, 0.6) is 0 Å². The van der Waals surface area contributed by atoms with Crippen LogP contribution >= 0.6 is 0 Å². The molecule has 0 bridgehead atoms. The van der Waals surface area contributed by atoms with Crippen molar-refractivity contribution in [1.29, 1.82) is 0 Å². The van der Waals surface area contributed by atoms with Crippen molar-refractivity contribution in [2.45, 2.75) is 34.6 Å². The van der Waals surface area contributed by atoms with Gasteiger partial charge in [-0.2, -0.15) is 27.8 Å². The Labute approximate surface area is 91.4 Å². The SMILES string of the molecule is Cc1c(C)c(C)[c-](C)c1C.[CH-]=O.[Fe+2]. The van der Waals surface area contributed by atoms with E-state index in [0.29, 0.717) is 0 Å². The minimum Gasteiger partial charge on any atom is -0.545 e. The molecule has 0 saturated heterocycles. The zero-order chi connectivity index (χ0) is 9.89. The van der Waals surface area contributed by atoms with Crippen molar-refractivity contribution >= 4 is 6.79 Å². The van der Waals surface area contributed by atoms with E-state index in [1.165, 1.54) is 27.8 Å². The molecule has 0 aliphatic carbocycles. The molecule has 0 unspecified atom stereocenters. The summed E-state index contributed by atoms with van der Waals surface area (Å²) in [5.41, 5.74) is 7.34. The van der Waals surface area contributed by atoms with E-state index in [0.717, 1.165) is 0 Å². The van der Waals surface area contributed by atoms with Crippen molar-refractivity contribution < 1.29 is 21.9 Å². The van der Waals surface area contributed by atoms with Gasteiger partial charge in [0.1, 0.15) is 0 Å². The zero-order valence-corrected chi connectivity index (χ0v) is 9.94. The van der Waals surface area contributed by atoms with Gasteiger partial charge in [-0.1, -0.05) is 34.6 Å². The normalized spacial score (nSPS) is 8.38. The van der Waals surface area contributed by atoms with Crippen LogP contribution in [-0.2, 0) is 21.9 Å². The van der Waals surface area contributed by atoms with Gasteiger partial charge in [0.05, 0.1) is 0 Å². The maximum absolute atomic E-state index is 7.75. The Kier molecular flexibility index (Phi) is 7.01. The molecular formula is C11H16FeO. The molecule has 0 N–H and O–H groups in total. The molecular weight excluding hydrogens is 204 g/mol. The first-order chi connectivity index (χ1) is 5.55. The molecule has 0 heterocycles. The fraction of sp³-hybridized carbons (Fsp3) is 0.455. The van der Waals surface area contributed by atoms with E-state index >= 15 is 0 Å². The van der Waals surface area contributed by atoms with Crippen LogP contribution in [0.15, 0.2) is 0 Å². The first kappa shape index (κ1) is 15.0. The van der Waals surface area contributed by atoms with Crippen LogP contribution in [0.3, 0.4) is 0 Å². The third kappa shape index (κ3) is 2.75. The smallest absolute Gasteiger partial charge is 0.545 e. The summed E-state index contributed by atoms with van der Waals surface area (Å²) < 4.78 is 0. The van der Waals surface area contributed by atoms with E-state index in [1.807, 2.05) is 0 Å². The Morgan fingerprint density at radius 1 is 0.923 bits per heavy atom. The third-order valence-electron chi connectivity index (χ3n) is 2.81. The van der Waals surface area contributed by atoms with E-state index in [9.17, 15) is 0 Å². The number of carbonyl (C=O) groups excluding carboxylic acids is 1. The maximum Gasteiger partial charge on any atom is 2.00 e. The predicted molar refractivity (Wildman–Crippen MR) is 52.5 cm³/mol. The fourth-order valence-corrected chi connectivity index (χ4v) is 1.41. The number of hydrogen-bond acceptors (Lipinski definition) is 1. The summed E-state index contributed by atoms with van der Waals surface area (Å²) in [5.74, 6) is 0. The van der Waals surface area contributed by atoms with Crippen molar-refractivity contribution in [3.8, 4) is 0 Å². The standard InChI is InChI=1S/C10H15.CHO.Fe/c1-6-7(2)9(4)10(5)8(6)3;1-2;/h1-5H3;1H;/q2*-1;+2. The molecule has 0 atom stereocenters. The van der Waals surface area contributed by atoms with Crippen molar-refractivity contribution in [2.24, 2.45) is 0 Å². The first-order valence-corrected chi connectivity index (χ1v) is 3.99. The van der Waals surface area contributed by atoms with Crippen LogP contribution in [0.2, 0.25) is 0 Å². The first-order valence-electron chi connectivity index (χ1n) is 3.99. The third-order valence-corrected chi connectivity index (χ3v) is 2.81. The van der Waals surface area contributed by atoms with Gasteiger partial charge >= 0.3 is 17.1 Å². The van der Waals surface area contributed by atoms with Crippen molar-refractivity contribution in [1.82, 2.24) is 0 Å². The van der Waals surface area contributed by atoms with E-state index in [4.69, 9.17) is 4.79 Å². The summed E-state index contributed by atoms with van der Waals surface area (Å²) in [5, 5.41) is 0. The maximum atomic E-state index is 7.75. The fourth-order valence-electron chi connectivity index (χ4n) is 1.41. The van der Waals surface area contributed by atoms with E-state index in [-0.39, 0.29) is 17.1 Å². The molecule has 13 heavy (non-hydrogen) atoms. The Bertz CT molecular complexity index is 194. The molecule has 0 fully saturated rings. The Hall–Kier alpha value is -0.461. The molecule has 0 aliphatic heterocycles. The van der Waals surface area contributed by atoms with Gasteiger partial charge in [-0.3, -0.25) is 6.79 Å². The summed E-state index contributed by atoms with van der Waals surface area (Å²) in [6.07, 6.45) is 0. The van der Waals surface area contributed by atoms with Crippen LogP contribution in [-0.4, -0.2) is 6.79 Å². The molecule has 74 valence electrons. The van der Waals surface area contributed by atoms with Crippen molar-refractivity contribution in [3.05, 3.63) is 27.8 Å². The van der Waals surface area contributed by atoms with Crippen LogP contribution in [0, 0.1) is 34.6 Å². The molecule has 0 aliphatic rings. The largest absolute Gasteiger partial charge is 2.00 e. The molecule has 2 heteroatoms. The van der Waals surface area contributed by atoms with Gasteiger partial charge in [0, 0.05) is 0 Å². The second-order valence-electron chi connectivity index (χ2n) is 3.12. The van der Waals surface area contributed by atoms with Crippen molar-refractivity contribution in [3.63, 3.8) is 0 Å². The Morgan fingerprint density at radius 2 is 1.15 bits per heavy atom. The van der Waals surface area contributed by atoms with Crippen LogP contribution < -0.4 is 0 Å². The molecule has 0 spiro atoms. The average Bonchev–Trinajstić information content (AvgIpc) is 2.27. The Balaban J connectivity index is 0. The van der Waals surface area contributed by atoms with Gasteiger partial charge in [0.2, 0.25) is 0 Å². The second kappa shape index (κ2) is 6.06. The zero-order valence-electron chi connectivity index (χ0n) is 8.84. The van der Waals surface area contributed by atoms with Crippen LogP contribution in [0.4, 0.5) is 0 Å². The van der Waals surface area contributed by atoms with Gasteiger partial charge in [-0.25, -0.2) is 0 Å². The summed E-state index contributed by atoms with van der Waals surface area (Å²) in [6.45, 7) is 14.2. The quantitative estimate of drug-likeness (QED) is 0.373. The van der Waals surface area contributed by atoms with Crippen LogP contribution in [0.1, 0.15) is 27.8 Å². The second-order valence-corrected chi connectivity index (χ2v) is 3.12. The van der Waals surface area contributed by atoms with E-state index in [1.54, 1.807) is 0 Å². The number of hydrogen-bond donors (Lipinski definition) is 0. The van der Waals surface area contributed by atoms with E-state index in [2.05, 4.69) is 41.4 Å². The predicted octanol–water partition coefficient (Wildman–Crippen LogP) is 2.67. The van der Waals surface area contributed by atoms with E-state index < -0.39 is 0 Å². The minimum absolute atomic E-state index is 0. The molecule has 0 amide bonds.